The van der Waals surface area contributed by atoms with E-state index in [9.17, 15) is 9.90 Å². The molecule has 0 aliphatic carbocycles. The monoisotopic (exact) mass is 457 g/mol. The van der Waals surface area contributed by atoms with E-state index in [-0.39, 0.29) is 11.7 Å². The van der Waals surface area contributed by atoms with Gasteiger partial charge in [0, 0.05) is 36.1 Å². The molecule has 10 nitrogen and oxygen atoms in total. The molecular weight excluding hydrogens is 434 g/mol. The zero-order chi connectivity index (χ0) is 23.5. The number of carbonyl (C=O) groups is 1. The minimum atomic E-state index is -0.295. The first-order valence-corrected chi connectivity index (χ1v) is 10.8. The molecule has 1 amide bonds. The highest BCUT2D eigenvalue weighted by Gasteiger charge is 2.16. The first kappa shape index (κ1) is 21.4. The second-order valence-electron chi connectivity index (χ2n) is 7.73. The van der Waals surface area contributed by atoms with Gasteiger partial charge in [-0.1, -0.05) is 18.7 Å². The quantitative estimate of drug-likeness (QED) is 0.324. The predicted octanol–water partition coefficient (Wildman–Crippen LogP) is 3.43. The van der Waals surface area contributed by atoms with Crippen molar-refractivity contribution in [3.05, 3.63) is 61.3 Å². The van der Waals surface area contributed by atoms with Crippen LogP contribution in [0.4, 0.5) is 23.0 Å². The highest BCUT2D eigenvalue weighted by atomic mass is 16.5. The average molecular weight is 457 g/mol. The second-order valence-corrected chi connectivity index (χ2v) is 7.73. The van der Waals surface area contributed by atoms with Gasteiger partial charge in [-0.25, -0.2) is 4.98 Å². The fourth-order valence-corrected chi connectivity index (χ4v) is 3.85. The Labute approximate surface area is 195 Å². The molecule has 0 spiro atoms. The molecule has 0 atom stereocenters. The predicted molar refractivity (Wildman–Crippen MR) is 130 cm³/mol. The van der Waals surface area contributed by atoms with Crippen LogP contribution in [0.25, 0.3) is 22.3 Å². The third-order valence-electron chi connectivity index (χ3n) is 5.48. The SMILES string of the molecule is C=CC(=O)Nc1cccc(-c2nc(Nc3ccc(N4CCOCC4)c(O)c3)nc3[nH]ncc23)c1. The Kier molecular flexibility index (Phi) is 5.79. The fourth-order valence-electron chi connectivity index (χ4n) is 3.85. The molecule has 0 saturated carbocycles. The molecule has 0 radical (unpaired) electrons. The second kappa shape index (κ2) is 9.20. The third-order valence-corrected chi connectivity index (χ3v) is 5.48. The molecule has 2 aromatic carbocycles. The van der Waals surface area contributed by atoms with Gasteiger partial charge in [-0.2, -0.15) is 10.1 Å². The maximum absolute atomic E-state index is 11.7. The number of aromatic amines is 1. The number of amides is 1. The Morgan fingerprint density at radius 1 is 1.15 bits per heavy atom. The number of nitrogens with zero attached hydrogens (tertiary/aromatic N) is 4. The van der Waals surface area contributed by atoms with Gasteiger partial charge in [-0.05, 0) is 30.3 Å². The molecule has 10 heteroatoms. The van der Waals surface area contributed by atoms with Crippen molar-refractivity contribution in [2.75, 3.05) is 41.8 Å². The number of hydrogen-bond donors (Lipinski definition) is 4. The maximum atomic E-state index is 11.7. The van der Waals surface area contributed by atoms with Crippen LogP contribution in [0, 0.1) is 0 Å². The lowest BCUT2D eigenvalue weighted by Crippen LogP contribution is -2.36. The number of benzene rings is 2. The molecule has 172 valence electrons. The summed E-state index contributed by atoms with van der Waals surface area (Å²) >= 11 is 0. The van der Waals surface area contributed by atoms with Crippen LogP contribution in [-0.2, 0) is 9.53 Å². The van der Waals surface area contributed by atoms with Crippen molar-refractivity contribution in [1.29, 1.82) is 0 Å². The number of fused-ring (bicyclic) bond motifs is 1. The van der Waals surface area contributed by atoms with E-state index in [4.69, 9.17) is 9.72 Å². The van der Waals surface area contributed by atoms with Gasteiger partial charge in [-0.15, -0.1) is 0 Å². The van der Waals surface area contributed by atoms with Crippen LogP contribution >= 0.6 is 0 Å². The van der Waals surface area contributed by atoms with E-state index in [1.807, 2.05) is 30.3 Å². The summed E-state index contributed by atoms with van der Waals surface area (Å²) in [5.74, 6) is 0.210. The summed E-state index contributed by atoms with van der Waals surface area (Å²) in [6.45, 7) is 6.22. The summed E-state index contributed by atoms with van der Waals surface area (Å²) in [4.78, 5) is 23.0. The minimum Gasteiger partial charge on any atom is -0.506 e. The Balaban J connectivity index is 1.46. The summed E-state index contributed by atoms with van der Waals surface area (Å²) in [6.07, 6.45) is 2.87. The van der Waals surface area contributed by atoms with Crippen LogP contribution in [0.3, 0.4) is 0 Å². The van der Waals surface area contributed by atoms with Gasteiger partial charge in [0.15, 0.2) is 5.65 Å². The van der Waals surface area contributed by atoms with Crippen molar-refractivity contribution in [2.45, 2.75) is 0 Å². The third kappa shape index (κ3) is 4.39. The van der Waals surface area contributed by atoms with E-state index in [1.165, 1.54) is 6.08 Å². The van der Waals surface area contributed by atoms with Gasteiger partial charge in [0.2, 0.25) is 11.9 Å². The van der Waals surface area contributed by atoms with Crippen molar-refractivity contribution >= 4 is 40.0 Å². The number of carbonyl (C=O) groups excluding carboxylic acids is 1. The topological polar surface area (TPSA) is 128 Å². The van der Waals surface area contributed by atoms with Crippen molar-refractivity contribution in [3.8, 4) is 17.0 Å². The van der Waals surface area contributed by atoms with Crippen LogP contribution in [0.5, 0.6) is 5.75 Å². The van der Waals surface area contributed by atoms with Crippen LogP contribution in [-0.4, -0.2) is 57.5 Å². The van der Waals surface area contributed by atoms with Crippen molar-refractivity contribution in [2.24, 2.45) is 0 Å². The molecular formula is C24H23N7O3. The van der Waals surface area contributed by atoms with Gasteiger partial charge in [0.25, 0.3) is 0 Å². The minimum absolute atomic E-state index is 0.167. The van der Waals surface area contributed by atoms with Crippen LogP contribution < -0.4 is 15.5 Å². The molecule has 34 heavy (non-hydrogen) atoms. The number of hydrogen-bond acceptors (Lipinski definition) is 8. The van der Waals surface area contributed by atoms with Crippen LogP contribution in [0.2, 0.25) is 0 Å². The first-order valence-electron chi connectivity index (χ1n) is 10.8. The number of anilines is 4. The van der Waals surface area contributed by atoms with Crippen molar-refractivity contribution in [1.82, 2.24) is 20.2 Å². The van der Waals surface area contributed by atoms with E-state index in [1.54, 1.807) is 18.3 Å². The highest BCUT2D eigenvalue weighted by Crippen LogP contribution is 2.33. The lowest BCUT2D eigenvalue weighted by molar-refractivity contribution is -0.111. The number of phenols is 1. The number of phenolic OH excluding ortho intramolecular Hbond substituents is 1. The Hall–Kier alpha value is -4.44. The first-order chi connectivity index (χ1) is 16.6. The smallest absolute Gasteiger partial charge is 0.247 e. The van der Waals surface area contributed by atoms with Crippen molar-refractivity contribution < 1.29 is 14.6 Å². The van der Waals surface area contributed by atoms with E-state index in [2.05, 4.69) is 37.3 Å². The molecule has 1 saturated heterocycles. The summed E-state index contributed by atoms with van der Waals surface area (Å²) in [6, 6.07) is 12.7. The Morgan fingerprint density at radius 3 is 2.79 bits per heavy atom. The lowest BCUT2D eigenvalue weighted by Gasteiger charge is -2.29. The summed E-state index contributed by atoms with van der Waals surface area (Å²) in [5.41, 5.74) is 4.01. The average Bonchev–Trinajstić information content (AvgIpc) is 3.33. The molecule has 1 aliphatic heterocycles. The largest absolute Gasteiger partial charge is 0.506 e. The number of H-pyrrole nitrogens is 1. The number of nitrogens with one attached hydrogen (secondary N) is 3. The molecule has 3 heterocycles. The number of morpholine rings is 1. The van der Waals surface area contributed by atoms with Crippen LogP contribution in [0.1, 0.15) is 0 Å². The normalized spacial score (nSPS) is 13.6. The van der Waals surface area contributed by atoms with E-state index >= 15 is 0 Å². The van der Waals surface area contributed by atoms with Gasteiger partial charge in [0.1, 0.15) is 5.75 Å². The zero-order valence-electron chi connectivity index (χ0n) is 18.3. The van der Waals surface area contributed by atoms with E-state index in [0.717, 1.165) is 29.7 Å². The number of rotatable bonds is 6. The van der Waals surface area contributed by atoms with E-state index < -0.39 is 0 Å². The maximum Gasteiger partial charge on any atom is 0.247 e. The number of aromatic hydroxyl groups is 1. The standard InChI is InChI=1S/C24H23N7O3/c1-2-21(33)26-16-5-3-4-15(12-16)22-18-14-25-30-23(18)29-24(28-22)27-17-6-7-19(20(32)13-17)31-8-10-34-11-9-31/h2-7,12-14,32H,1,8-11H2,(H,26,33)(H2,25,27,28,29,30). The van der Waals surface area contributed by atoms with Gasteiger partial charge in [0.05, 0.1) is 36.2 Å². The molecule has 0 bridgehead atoms. The van der Waals surface area contributed by atoms with Gasteiger partial charge < -0.3 is 25.4 Å². The Morgan fingerprint density at radius 2 is 2.00 bits per heavy atom. The summed E-state index contributed by atoms with van der Waals surface area (Å²) in [5, 5.41) is 24.2. The summed E-state index contributed by atoms with van der Waals surface area (Å²) < 4.78 is 5.39. The summed E-state index contributed by atoms with van der Waals surface area (Å²) in [7, 11) is 0. The van der Waals surface area contributed by atoms with Crippen molar-refractivity contribution in [3.63, 3.8) is 0 Å². The highest BCUT2D eigenvalue weighted by molar-refractivity contribution is 5.99. The zero-order valence-corrected chi connectivity index (χ0v) is 18.3. The number of aromatic nitrogens is 4. The molecule has 5 rings (SSSR count). The molecule has 0 unspecified atom stereocenters. The van der Waals surface area contributed by atoms with Gasteiger partial charge >= 0.3 is 0 Å². The molecule has 1 aliphatic rings. The van der Waals surface area contributed by atoms with E-state index in [0.29, 0.717) is 41.9 Å². The molecule has 4 N–H and O–H groups in total. The molecule has 4 aromatic rings. The fraction of sp³-hybridized carbons (Fsp3) is 0.167. The molecule has 2 aromatic heterocycles. The molecule has 1 fully saturated rings. The van der Waals surface area contributed by atoms with Crippen LogP contribution in [0.15, 0.2) is 61.3 Å². The number of ether oxygens (including phenoxy) is 1. The van der Waals surface area contributed by atoms with Gasteiger partial charge in [-0.3, -0.25) is 9.89 Å². The Bertz CT molecular complexity index is 1360. The lowest BCUT2D eigenvalue weighted by atomic mass is 10.1.